The third-order valence-corrected chi connectivity index (χ3v) is 2.25. The molecule has 1 atom stereocenters. The Labute approximate surface area is 71.9 Å². The van der Waals surface area contributed by atoms with Crippen LogP contribution >= 0.6 is 0 Å². The highest BCUT2D eigenvalue weighted by Gasteiger charge is 2.20. The highest BCUT2D eigenvalue weighted by Crippen LogP contribution is 2.31. The van der Waals surface area contributed by atoms with Gasteiger partial charge in [-0.1, -0.05) is 6.92 Å². The van der Waals surface area contributed by atoms with Crippen molar-refractivity contribution in [2.45, 2.75) is 26.2 Å². The molecule has 0 aromatic heterocycles. The number of hydrogen-bond donors (Lipinski definition) is 1. The van der Waals surface area contributed by atoms with E-state index in [2.05, 4.69) is 6.92 Å². The lowest BCUT2D eigenvalue weighted by Gasteiger charge is -1.98. The van der Waals surface area contributed by atoms with E-state index < -0.39 is 5.91 Å². The maximum absolute atomic E-state index is 10.8. The smallest absolute Gasteiger partial charge is 0.259 e. The zero-order chi connectivity index (χ0) is 9.14. The molecule has 3 nitrogen and oxygen atoms in total. The summed E-state index contributed by atoms with van der Waals surface area (Å²) in [4.78, 5) is 10.8. The largest absolute Gasteiger partial charge is 0.365 e. The van der Waals surface area contributed by atoms with Crippen LogP contribution in [0.2, 0.25) is 0 Å². The van der Waals surface area contributed by atoms with Crippen molar-refractivity contribution in [3.63, 3.8) is 0 Å². The molecule has 1 rings (SSSR count). The lowest BCUT2D eigenvalue weighted by molar-refractivity contribution is -0.114. The number of carbonyl (C=O) groups is 1. The Bertz CT molecular complexity index is 273. The second-order valence-corrected chi connectivity index (χ2v) is 3.30. The molecule has 1 aliphatic carbocycles. The number of rotatable bonds is 1. The maximum atomic E-state index is 10.8. The Kier molecular flexibility index (Phi) is 2.49. The standard InChI is InChI=1S/C9H12N2O/c1-6-2-3-7(4-6)8(5-10)9(11)12/h6H,2-4H2,1H3,(H2,11,12)/b8-7+. The first-order valence-corrected chi connectivity index (χ1v) is 4.07. The molecule has 0 spiro atoms. The fraction of sp³-hybridized carbons (Fsp3) is 0.556. The van der Waals surface area contributed by atoms with Crippen LogP contribution in [0.5, 0.6) is 0 Å². The van der Waals surface area contributed by atoms with Gasteiger partial charge in [0.2, 0.25) is 0 Å². The molecule has 0 saturated heterocycles. The summed E-state index contributed by atoms with van der Waals surface area (Å²) in [5.74, 6) is 0.00398. The molecule has 3 heteroatoms. The summed E-state index contributed by atoms with van der Waals surface area (Å²) in [6, 6.07) is 1.87. The average molecular weight is 164 g/mol. The van der Waals surface area contributed by atoms with Gasteiger partial charge in [-0.2, -0.15) is 5.26 Å². The molecule has 0 heterocycles. The molecule has 0 radical (unpaired) electrons. The van der Waals surface area contributed by atoms with Crippen molar-refractivity contribution in [3.8, 4) is 6.07 Å². The molecule has 64 valence electrons. The predicted molar refractivity (Wildman–Crippen MR) is 44.8 cm³/mol. The Balaban J connectivity index is 2.89. The lowest BCUT2D eigenvalue weighted by atomic mass is 10.1. The van der Waals surface area contributed by atoms with Crippen LogP contribution in [0.25, 0.3) is 0 Å². The van der Waals surface area contributed by atoms with Gasteiger partial charge in [0.25, 0.3) is 5.91 Å². The van der Waals surface area contributed by atoms with E-state index in [1.807, 2.05) is 6.07 Å². The first-order valence-electron chi connectivity index (χ1n) is 4.07. The minimum atomic E-state index is -0.582. The van der Waals surface area contributed by atoms with Crippen molar-refractivity contribution in [3.05, 3.63) is 11.1 Å². The molecular weight excluding hydrogens is 152 g/mol. The number of nitrogens with zero attached hydrogens (tertiary/aromatic N) is 1. The van der Waals surface area contributed by atoms with E-state index in [0.29, 0.717) is 5.92 Å². The van der Waals surface area contributed by atoms with Gasteiger partial charge in [0.15, 0.2) is 0 Å². The summed E-state index contributed by atoms with van der Waals surface area (Å²) in [7, 11) is 0. The van der Waals surface area contributed by atoms with Crippen LogP contribution in [0.4, 0.5) is 0 Å². The van der Waals surface area contributed by atoms with Gasteiger partial charge in [0.05, 0.1) is 0 Å². The van der Waals surface area contributed by atoms with E-state index in [1.165, 1.54) is 0 Å². The van der Waals surface area contributed by atoms with Crippen molar-refractivity contribution < 1.29 is 4.79 Å². The molecule has 0 bridgehead atoms. The molecule has 1 amide bonds. The molecule has 0 aromatic carbocycles. The molecule has 12 heavy (non-hydrogen) atoms. The molecule has 0 aliphatic heterocycles. The second kappa shape index (κ2) is 3.40. The van der Waals surface area contributed by atoms with Gasteiger partial charge in [-0.05, 0) is 30.8 Å². The van der Waals surface area contributed by atoms with Crippen LogP contribution < -0.4 is 5.73 Å². The van der Waals surface area contributed by atoms with Crippen molar-refractivity contribution in [1.82, 2.24) is 0 Å². The summed E-state index contributed by atoms with van der Waals surface area (Å²) >= 11 is 0. The molecular formula is C9H12N2O. The van der Waals surface area contributed by atoms with Crippen LogP contribution in [-0.2, 0) is 4.79 Å². The summed E-state index contributed by atoms with van der Waals surface area (Å²) in [6.07, 6.45) is 2.77. The van der Waals surface area contributed by atoms with Gasteiger partial charge in [-0.25, -0.2) is 0 Å². The number of nitriles is 1. The third-order valence-electron chi connectivity index (χ3n) is 2.25. The number of hydrogen-bond acceptors (Lipinski definition) is 2. The molecule has 1 unspecified atom stereocenters. The second-order valence-electron chi connectivity index (χ2n) is 3.30. The molecule has 1 aliphatic rings. The van der Waals surface area contributed by atoms with Gasteiger partial charge in [0.1, 0.15) is 11.6 Å². The van der Waals surface area contributed by atoms with E-state index in [1.54, 1.807) is 0 Å². The van der Waals surface area contributed by atoms with Crippen LogP contribution in [0.15, 0.2) is 11.1 Å². The number of allylic oxidation sites excluding steroid dienone is 1. The number of nitrogens with two attached hydrogens (primary N) is 1. The molecule has 1 fully saturated rings. The topological polar surface area (TPSA) is 66.9 Å². The fourth-order valence-corrected chi connectivity index (χ4v) is 1.58. The number of amides is 1. The number of primary amides is 1. The fourth-order valence-electron chi connectivity index (χ4n) is 1.58. The zero-order valence-electron chi connectivity index (χ0n) is 7.13. The van der Waals surface area contributed by atoms with E-state index in [-0.39, 0.29) is 5.57 Å². The highest BCUT2D eigenvalue weighted by atomic mass is 16.1. The van der Waals surface area contributed by atoms with Gasteiger partial charge >= 0.3 is 0 Å². The summed E-state index contributed by atoms with van der Waals surface area (Å²) in [6.45, 7) is 2.11. The normalized spacial score (nSPS) is 26.5. The Morgan fingerprint density at radius 1 is 1.75 bits per heavy atom. The SMILES string of the molecule is CC1CC/C(=C(/C#N)C(N)=O)C1. The quantitative estimate of drug-likeness (QED) is 0.466. The average Bonchev–Trinajstić information content (AvgIpc) is 2.37. The van der Waals surface area contributed by atoms with Crippen molar-refractivity contribution in [1.29, 1.82) is 5.26 Å². The van der Waals surface area contributed by atoms with Crippen LogP contribution in [0, 0.1) is 17.2 Å². The summed E-state index contributed by atoms with van der Waals surface area (Å²) in [5, 5.41) is 8.63. The summed E-state index contributed by atoms with van der Waals surface area (Å²) < 4.78 is 0. The minimum absolute atomic E-state index is 0.180. The van der Waals surface area contributed by atoms with Crippen LogP contribution in [-0.4, -0.2) is 5.91 Å². The molecule has 2 N–H and O–H groups in total. The van der Waals surface area contributed by atoms with Crippen molar-refractivity contribution in [2.24, 2.45) is 11.7 Å². The first kappa shape index (κ1) is 8.79. The highest BCUT2D eigenvalue weighted by molar-refractivity contribution is 5.96. The van der Waals surface area contributed by atoms with Crippen molar-refractivity contribution >= 4 is 5.91 Å². The van der Waals surface area contributed by atoms with Gasteiger partial charge in [0, 0.05) is 0 Å². The van der Waals surface area contributed by atoms with Gasteiger partial charge in [-0.3, -0.25) is 4.79 Å². The van der Waals surface area contributed by atoms with Crippen molar-refractivity contribution in [2.75, 3.05) is 0 Å². The predicted octanol–water partition coefficient (Wildman–Crippen LogP) is 1.11. The monoisotopic (exact) mass is 164 g/mol. The van der Waals surface area contributed by atoms with E-state index >= 15 is 0 Å². The number of carbonyl (C=O) groups excluding carboxylic acids is 1. The lowest BCUT2D eigenvalue weighted by Crippen LogP contribution is -2.14. The Hall–Kier alpha value is -1.30. The van der Waals surface area contributed by atoms with Gasteiger partial charge < -0.3 is 5.73 Å². The molecule has 0 aromatic rings. The third kappa shape index (κ3) is 1.65. The van der Waals surface area contributed by atoms with Crippen LogP contribution in [0.1, 0.15) is 26.2 Å². The van der Waals surface area contributed by atoms with E-state index in [9.17, 15) is 4.79 Å². The molecule has 1 saturated carbocycles. The maximum Gasteiger partial charge on any atom is 0.259 e. The minimum Gasteiger partial charge on any atom is -0.365 e. The Morgan fingerprint density at radius 3 is 2.75 bits per heavy atom. The first-order chi connectivity index (χ1) is 5.65. The Morgan fingerprint density at radius 2 is 2.42 bits per heavy atom. The van der Waals surface area contributed by atoms with E-state index in [0.717, 1.165) is 24.8 Å². The van der Waals surface area contributed by atoms with E-state index in [4.69, 9.17) is 11.0 Å². The zero-order valence-corrected chi connectivity index (χ0v) is 7.13. The summed E-state index contributed by atoms with van der Waals surface area (Å²) in [5.41, 5.74) is 6.18. The van der Waals surface area contributed by atoms with Crippen LogP contribution in [0.3, 0.4) is 0 Å². The van der Waals surface area contributed by atoms with Gasteiger partial charge in [-0.15, -0.1) is 0 Å².